The largest absolute Gasteiger partial charge is 0.294 e. The van der Waals surface area contributed by atoms with Gasteiger partial charge in [0.15, 0.2) is 5.78 Å². The topological polar surface area (TPSA) is 40.9 Å². The van der Waals surface area contributed by atoms with E-state index in [1.165, 1.54) is 0 Å². The van der Waals surface area contributed by atoms with Crippen molar-refractivity contribution in [3.63, 3.8) is 0 Å². The van der Waals surface area contributed by atoms with Gasteiger partial charge in [0, 0.05) is 12.0 Å². The number of carbonyl (C=O) groups excluding carboxylic acids is 1. The highest BCUT2D eigenvalue weighted by molar-refractivity contribution is 6.35. The molecule has 0 unspecified atom stereocenters. The van der Waals surface area contributed by atoms with Gasteiger partial charge in [-0.1, -0.05) is 17.7 Å². The van der Waals surface area contributed by atoms with Crippen molar-refractivity contribution in [3.05, 3.63) is 33.8 Å². The first-order valence-corrected chi connectivity index (χ1v) is 4.86. The van der Waals surface area contributed by atoms with E-state index in [1.807, 2.05) is 12.1 Å². The van der Waals surface area contributed by atoms with Gasteiger partial charge in [0.2, 0.25) is 0 Å². The summed E-state index contributed by atoms with van der Waals surface area (Å²) in [6.07, 6.45) is 2.31. The van der Waals surface area contributed by atoms with Gasteiger partial charge in [-0.2, -0.15) is 5.26 Å². The molecule has 70 valence electrons. The SMILES string of the molecule is N#Cc1ccc2c(c1Cl)C(=O)CCC2. The summed E-state index contributed by atoms with van der Waals surface area (Å²) in [4.78, 5) is 11.6. The van der Waals surface area contributed by atoms with Crippen molar-refractivity contribution in [3.8, 4) is 6.07 Å². The number of aryl methyl sites for hydroxylation is 1. The number of Topliss-reactive ketones (excluding diaryl/α,β-unsaturated/α-hetero) is 1. The Kier molecular flexibility index (Phi) is 2.26. The van der Waals surface area contributed by atoms with Crippen molar-refractivity contribution in [1.29, 1.82) is 5.26 Å². The van der Waals surface area contributed by atoms with Gasteiger partial charge in [-0.25, -0.2) is 0 Å². The maximum absolute atomic E-state index is 11.6. The molecule has 1 aromatic carbocycles. The van der Waals surface area contributed by atoms with Crippen LogP contribution in [0.5, 0.6) is 0 Å². The van der Waals surface area contributed by atoms with Gasteiger partial charge < -0.3 is 0 Å². The van der Waals surface area contributed by atoms with E-state index >= 15 is 0 Å². The number of halogens is 1. The molecule has 0 radical (unpaired) electrons. The Morgan fingerprint density at radius 2 is 2.14 bits per heavy atom. The number of nitriles is 1. The zero-order chi connectivity index (χ0) is 10.1. The molecule has 0 saturated carbocycles. The van der Waals surface area contributed by atoms with E-state index in [2.05, 4.69) is 0 Å². The fraction of sp³-hybridized carbons (Fsp3) is 0.273. The first-order valence-electron chi connectivity index (χ1n) is 4.48. The highest BCUT2D eigenvalue weighted by Crippen LogP contribution is 2.30. The lowest BCUT2D eigenvalue weighted by atomic mass is 9.89. The molecule has 0 atom stereocenters. The summed E-state index contributed by atoms with van der Waals surface area (Å²) in [5.74, 6) is 0.0633. The summed E-state index contributed by atoms with van der Waals surface area (Å²) in [7, 11) is 0. The third-order valence-corrected chi connectivity index (χ3v) is 2.87. The number of benzene rings is 1. The Labute approximate surface area is 87.1 Å². The molecular formula is C11H8ClNO. The number of ketones is 1. The van der Waals surface area contributed by atoms with Crippen molar-refractivity contribution < 1.29 is 4.79 Å². The normalized spacial score (nSPS) is 14.7. The van der Waals surface area contributed by atoms with E-state index < -0.39 is 0 Å². The van der Waals surface area contributed by atoms with Gasteiger partial charge in [0.05, 0.1) is 10.6 Å². The lowest BCUT2D eigenvalue weighted by Gasteiger charge is -2.15. The van der Waals surface area contributed by atoms with Crippen LogP contribution >= 0.6 is 11.6 Å². The predicted octanol–water partition coefficient (Wildman–Crippen LogP) is 2.73. The van der Waals surface area contributed by atoms with Gasteiger partial charge in [0.1, 0.15) is 6.07 Å². The van der Waals surface area contributed by atoms with Crippen molar-refractivity contribution in [2.45, 2.75) is 19.3 Å². The van der Waals surface area contributed by atoms with E-state index in [1.54, 1.807) is 6.07 Å². The Balaban J connectivity index is 2.67. The Morgan fingerprint density at radius 3 is 2.86 bits per heavy atom. The highest BCUT2D eigenvalue weighted by atomic mass is 35.5. The summed E-state index contributed by atoms with van der Waals surface area (Å²) >= 11 is 5.98. The molecule has 1 aliphatic rings. The molecule has 0 saturated heterocycles. The fourth-order valence-corrected chi connectivity index (χ4v) is 2.11. The average Bonchev–Trinajstić information content (AvgIpc) is 2.18. The summed E-state index contributed by atoms with van der Waals surface area (Å²) < 4.78 is 0. The Morgan fingerprint density at radius 1 is 1.36 bits per heavy atom. The molecule has 0 spiro atoms. The van der Waals surface area contributed by atoms with Crippen LogP contribution in [-0.2, 0) is 6.42 Å². The van der Waals surface area contributed by atoms with Gasteiger partial charge in [-0.05, 0) is 24.5 Å². The van der Waals surface area contributed by atoms with Crippen LogP contribution < -0.4 is 0 Å². The van der Waals surface area contributed by atoms with Crippen LogP contribution in [-0.4, -0.2) is 5.78 Å². The molecular weight excluding hydrogens is 198 g/mol. The van der Waals surface area contributed by atoms with Crippen LogP contribution in [0.4, 0.5) is 0 Å². The van der Waals surface area contributed by atoms with Gasteiger partial charge in [-0.3, -0.25) is 4.79 Å². The smallest absolute Gasteiger partial charge is 0.164 e. The quantitative estimate of drug-likeness (QED) is 0.654. The second kappa shape index (κ2) is 3.43. The van der Waals surface area contributed by atoms with Crippen molar-refractivity contribution >= 4 is 17.4 Å². The Hall–Kier alpha value is -1.33. The van der Waals surface area contributed by atoms with Crippen molar-refractivity contribution in [2.24, 2.45) is 0 Å². The number of fused-ring (bicyclic) bond motifs is 1. The summed E-state index contributed by atoms with van der Waals surface area (Å²) in [6, 6.07) is 5.49. The third-order valence-electron chi connectivity index (χ3n) is 2.48. The molecule has 2 rings (SSSR count). The number of hydrogen-bond acceptors (Lipinski definition) is 2. The number of hydrogen-bond donors (Lipinski definition) is 0. The monoisotopic (exact) mass is 205 g/mol. The zero-order valence-corrected chi connectivity index (χ0v) is 8.27. The Bertz CT molecular complexity index is 445. The minimum atomic E-state index is 0.0633. The van der Waals surface area contributed by atoms with Crippen LogP contribution in [0.15, 0.2) is 12.1 Å². The average molecular weight is 206 g/mol. The van der Waals surface area contributed by atoms with E-state index in [0.29, 0.717) is 22.6 Å². The van der Waals surface area contributed by atoms with Crippen LogP contribution in [0.25, 0.3) is 0 Å². The van der Waals surface area contributed by atoms with E-state index in [0.717, 1.165) is 18.4 Å². The second-order valence-electron chi connectivity index (χ2n) is 3.35. The van der Waals surface area contributed by atoms with Crippen molar-refractivity contribution in [1.82, 2.24) is 0 Å². The number of rotatable bonds is 0. The summed E-state index contributed by atoms with van der Waals surface area (Å²) in [5.41, 5.74) is 1.93. The molecule has 0 bridgehead atoms. The molecule has 14 heavy (non-hydrogen) atoms. The maximum Gasteiger partial charge on any atom is 0.164 e. The lowest BCUT2D eigenvalue weighted by molar-refractivity contribution is 0.0972. The van der Waals surface area contributed by atoms with Gasteiger partial charge in [0.25, 0.3) is 0 Å². The molecule has 1 aliphatic carbocycles. The standard InChI is InChI=1S/C11H8ClNO/c12-11-8(6-13)5-4-7-2-1-3-9(14)10(7)11/h4-5H,1-3H2. The minimum absolute atomic E-state index is 0.0633. The fourth-order valence-electron chi connectivity index (χ4n) is 1.78. The lowest BCUT2D eigenvalue weighted by Crippen LogP contribution is -2.11. The van der Waals surface area contributed by atoms with Crippen LogP contribution in [0.3, 0.4) is 0 Å². The number of carbonyl (C=O) groups is 1. The number of nitrogens with zero attached hydrogens (tertiary/aromatic N) is 1. The van der Waals surface area contributed by atoms with Crippen LogP contribution in [0.1, 0.15) is 34.3 Å². The van der Waals surface area contributed by atoms with Gasteiger partial charge >= 0.3 is 0 Å². The molecule has 2 nitrogen and oxygen atoms in total. The minimum Gasteiger partial charge on any atom is -0.294 e. The molecule has 0 aromatic heterocycles. The van der Waals surface area contributed by atoms with Gasteiger partial charge in [-0.15, -0.1) is 0 Å². The van der Waals surface area contributed by atoms with E-state index in [9.17, 15) is 4.79 Å². The first-order chi connectivity index (χ1) is 6.74. The van der Waals surface area contributed by atoms with E-state index in [4.69, 9.17) is 16.9 Å². The molecule has 1 aromatic rings. The third kappa shape index (κ3) is 1.30. The van der Waals surface area contributed by atoms with Crippen LogP contribution in [0.2, 0.25) is 5.02 Å². The summed E-state index contributed by atoms with van der Waals surface area (Å²) in [6.45, 7) is 0. The summed E-state index contributed by atoms with van der Waals surface area (Å²) in [5, 5.41) is 9.09. The highest BCUT2D eigenvalue weighted by Gasteiger charge is 2.21. The molecule has 0 amide bonds. The van der Waals surface area contributed by atoms with Crippen LogP contribution in [0, 0.1) is 11.3 Å². The maximum atomic E-state index is 11.6. The molecule has 0 fully saturated rings. The first kappa shape index (κ1) is 9.23. The predicted molar refractivity (Wildman–Crippen MR) is 53.4 cm³/mol. The molecule has 0 N–H and O–H groups in total. The van der Waals surface area contributed by atoms with Crippen molar-refractivity contribution in [2.75, 3.05) is 0 Å². The van der Waals surface area contributed by atoms with E-state index in [-0.39, 0.29) is 5.78 Å². The molecule has 0 heterocycles. The molecule has 3 heteroatoms. The molecule has 0 aliphatic heterocycles. The zero-order valence-electron chi connectivity index (χ0n) is 7.51. The second-order valence-corrected chi connectivity index (χ2v) is 3.73.